The summed E-state index contributed by atoms with van der Waals surface area (Å²) in [7, 11) is 14.3. The molecule has 0 unspecified atom stereocenters. The van der Waals surface area contributed by atoms with Gasteiger partial charge in [-0.1, -0.05) is 0 Å². The van der Waals surface area contributed by atoms with E-state index < -0.39 is 31.3 Å². The average molecular weight is 454 g/mol. The molecule has 0 aliphatic heterocycles. The number of carbonyl (C=O) groups is 2. The third-order valence-electron chi connectivity index (χ3n) is 1.36. The number of ether oxygens (including phenoxy) is 2. The van der Waals surface area contributed by atoms with Gasteiger partial charge in [-0.15, -0.1) is 0 Å². The number of halogens is 2. The number of rotatable bonds is 6. The predicted molar refractivity (Wildman–Crippen MR) is 57.5 cm³/mol. The standard InChI is InChI=1S/2C3H6NO2.2ClH.Pb/c2*1-6-3(5)2-4;;;/h2*4H,2H2,1H3;2*1H;/q2*-1;;;+4/p-2. The second-order valence-corrected chi connectivity index (χ2v) is 21.3. The summed E-state index contributed by atoms with van der Waals surface area (Å²) in [5, 5.41) is 0. The van der Waals surface area contributed by atoms with E-state index in [0.29, 0.717) is 0 Å². The molecule has 2 N–H and O–H groups in total. The van der Waals surface area contributed by atoms with Crippen molar-refractivity contribution in [2.24, 2.45) is 0 Å². The summed E-state index contributed by atoms with van der Waals surface area (Å²) in [6, 6.07) is 0. The van der Waals surface area contributed by atoms with Crippen molar-refractivity contribution in [2.45, 2.75) is 0 Å². The van der Waals surface area contributed by atoms with Crippen LogP contribution in [0.5, 0.6) is 0 Å². The minimum absolute atomic E-state index is 0.0841. The van der Waals surface area contributed by atoms with E-state index in [1.54, 1.807) is 0 Å². The quantitative estimate of drug-likeness (QED) is 0.414. The van der Waals surface area contributed by atoms with Crippen molar-refractivity contribution in [3.8, 4) is 0 Å². The summed E-state index contributed by atoms with van der Waals surface area (Å²) >= 11 is -3.87. The second-order valence-electron chi connectivity index (χ2n) is 2.43. The van der Waals surface area contributed by atoms with Gasteiger partial charge in [0.15, 0.2) is 0 Å². The van der Waals surface area contributed by atoms with Crippen LogP contribution in [0.15, 0.2) is 0 Å². The molecule has 0 aromatic rings. The van der Waals surface area contributed by atoms with Crippen LogP contribution in [-0.2, 0) is 19.1 Å². The molecule has 0 aliphatic rings. The van der Waals surface area contributed by atoms with Gasteiger partial charge in [-0.3, -0.25) is 0 Å². The Morgan fingerprint density at radius 2 is 1.40 bits per heavy atom. The van der Waals surface area contributed by atoms with Crippen LogP contribution in [0, 0.1) is 0 Å². The van der Waals surface area contributed by atoms with Crippen LogP contribution in [-0.4, -0.2) is 58.6 Å². The topological polar surface area (TPSA) is 76.7 Å². The van der Waals surface area contributed by atoms with Crippen molar-refractivity contribution < 1.29 is 19.1 Å². The number of hydrogen-bond acceptors (Lipinski definition) is 6. The normalized spacial score (nSPS) is 10.9. The Morgan fingerprint density at radius 1 is 1.07 bits per heavy atom. The molecule has 0 spiro atoms. The Hall–Kier alpha value is 0.362. The summed E-state index contributed by atoms with van der Waals surface area (Å²) < 4.78 is 14.1. The van der Waals surface area contributed by atoms with Crippen LogP contribution in [0.4, 0.5) is 0 Å². The number of methoxy groups -OCH3 is 2. The van der Waals surface area contributed by atoms with Crippen molar-refractivity contribution in [3.63, 3.8) is 0 Å². The molecule has 88 valence electrons. The molecule has 0 bridgehead atoms. The van der Waals surface area contributed by atoms with Crippen LogP contribution in [0.3, 0.4) is 0 Å². The van der Waals surface area contributed by atoms with E-state index in [1.807, 2.05) is 0 Å². The first-order valence-corrected chi connectivity index (χ1v) is 17.4. The SMILES string of the molecule is COC(=O)C[NH][Pb]([Cl])([Cl])[NH]CC(=O)OC. The van der Waals surface area contributed by atoms with Gasteiger partial charge in [-0.05, 0) is 0 Å². The molecule has 0 atom stereocenters. The molecule has 15 heavy (non-hydrogen) atoms. The Kier molecular flexibility index (Phi) is 7.79. The fraction of sp³-hybridized carbons (Fsp3) is 0.667. The van der Waals surface area contributed by atoms with E-state index in [9.17, 15) is 9.59 Å². The van der Waals surface area contributed by atoms with Crippen LogP contribution < -0.4 is 6.25 Å². The summed E-state index contributed by atoms with van der Waals surface area (Å²) in [6.07, 6.45) is 0. The fourth-order valence-corrected chi connectivity index (χ4v) is 6.25. The van der Waals surface area contributed by atoms with Gasteiger partial charge in [0.1, 0.15) is 0 Å². The molecule has 0 aromatic heterocycles. The molecule has 0 rings (SSSR count). The molecular weight excluding hydrogens is 442 g/mol. The number of hydrogen-bond donors (Lipinski definition) is 2. The van der Waals surface area contributed by atoms with E-state index in [1.165, 1.54) is 14.2 Å². The molecule has 0 aromatic carbocycles. The fourth-order valence-electron chi connectivity index (χ4n) is 0.573. The van der Waals surface area contributed by atoms with Crippen molar-refractivity contribution in [1.82, 2.24) is 6.25 Å². The number of esters is 2. The number of carbonyl (C=O) groups excluding carboxylic acids is 2. The van der Waals surface area contributed by atoms with Crippen molar-refractivity contribution in [2.75, 3.05) is 27.3 Å². The molecule has 0 radical (unpaired) electrons. The molecule has 9 heteroatoms. The van der Waals surface area contributed by atoms with Gasteiger partial charge in [0.05, 0.1) is 0 Å². The first-order valence-electron chi connectivity index (χ1n) is 3.93. The molecule has 0 amide bonds. The zero-order valence-electron chi connectivity index (χ0n) is 8.30. The molecule has 0 saturated carbocycles. The molecule has 0 saturated heterocycles. The van der Waals surface area contributed by atoms with Gasteiger partial charge in [0, 0.05) is 0 Å². The van der Waals surface area contributed by atoms with Gasteiger partial charge < -0.3 is 0 Å². The first kappa shape index (κ1) is 15.4. The van der Waals surface area contributed by atoms with Crippen LogP contribution in [0.25, 0.3) is 0 Å². The third-order valence-corrected chi connectivity index (χ3v) is 10.9. The molecule has 0 heterocycles. The molecule has 6 nitrogen and oxygen atoms in total. The number of nitrogens with one attached hydrogen (secondary N) is 2. The van der Waals surface area contributed by atoms with Gasteiger partial charge in [-0.25, -0.2) is 0 Å². The molecular formula is C6H12Cl2N2O4Pb. The van der Waals surface area contributed by atoms with Crippen LogP contribution in [0.2, 0.25) is 0 Å². The Bertz CT molecular complexity index is 217. The zero-order valence-corrected chi connectivity index (χ0v) is 13.7. The monoisotopic (exact) mass is 454 g/mol. The van der Waals surface area contributed by atoms with E-state index in [2.05, 4.69) is 15.7 Å². The van der Waals surface area contributed by atoms with Crippen molar-refractivity contribution >= 4 is 47.9 Å². The zero-order chi connectivity index (χ0) is 11.9. The van der Waals surface area contributed by atoms with Crippen LogP contribution >= 0.6 is 16.6 Å². The predicted octanol–water partition coefficient (Wildman–Crippen LogP) is -0.575. The summed E-state index contributed by atoms with van der Waals surface area (Å²) in [4.78, 5) is 21.5. The summed E-state index contributed by atoms with van der Waals surface area (Å²) in [5.41, 5.74) is 0. The average Bonchev–Trinajstić information content (AvgIpc) is 2.22. The van der Waals surface area contributed by atoms with E-state index in [4.69, 9.17) is 16.6 Å². The van der Waals surface area contributed by atoms with Gasteiger partial charge in [0.25, 0.3) is 0 Å². The third kappa shape index (κ3) is 8.20. The van der Waals surface area contributed by atoms with Gasteiger partial charge in [-0.2, -0.15) is 0 Å². The first-order chi connectivity index (χ1) is 6.91. The summed E-state index contributed by atoms with van der Waals surface area (Å²) in [5.74, 6) is -0.943. The summed E-state index contributed by atoms with van der Waals surface area (Å²) in [6.45, 7) is -0.168. The molecule has 0 aliphatic carbocycles. The van der Waals surface area contributed by atoms with E-state index >= 15 is 0 Å². The maximum atomic E-state index is 10.8. The van der Waals surface area contributed by atoms with Gasteiger partial charge >= 0.3 is 101 Å². The van der Waals surface area contributed by atoms with Gasteiger partial charge in [0.2, 0.25) is 0 Å². The van der Waals surface area contributed by atoms with Crippen LogP contribution in [0.1, 0.15) is 0 Å². The van der Waals surface area contributed by atoms with E-state index in [-0.39, 0.29) is 13.1 Å². The Balaban J connectivity index is 3.86. The minimum atomic E-state index is -3.87. The van der Waals surface area contributed by atoms with Crippen molar-refractivity contribution in [1.29, 1.82) is 0 Å². The maximum absolute atomic E-state index is 10.8. The molecule has 0 fully saturated rings. The Labute approximate surface area is 100 Å². The van der Waals surface area contributed by atoms with Crippen molar-refractivity contribution in [3.05, 3.63) is 0 Å². The second kappa shape index (κ2) is 7.61. The van der Waals surface area contributed by atoms with E-state index in [0.717, 1.165) is 0 Å². The Morgan fingerprint density at radius 3 is 1.67 bits per heavy atom.